The zero-order valence-electron chi connectivity index (χ0n) is 11.4. The van der Waals surface area contributed by atoms with Crippen LogP contribution in [0.15, 0.2) is 0 Å². The predicted molar refractivity (Wildman–Crippen MR) is 68.7 cm³/mol. The molecule has 0 aliphatic heterocycles. The Balaban J connectivity index is 4.02. The van der Waals surface area contributed by atoms with Crippen LogP contribution in [0.2, 0.25) is 0 Å². The van der Waals surface area contributed by atoms with Crippen molar-refractivity contribution in [2.24, 2.45) is 0 Å². The Hall–Kier alpha value is -1.10. The molecule has 0 aromatic heterocycles. The van der Waals surface area contributed by atoms with Crippen molar-refractivity contribution < 1.29 is 9.59 Å². The van der Waals surface area contributed by atoms with Crippen LogP contribution in [0.3, 0.4) is 0 Å². The lowest BCUT2D eigenvalue weighted by atomic mass is 10.2. The summed E-state index contributed by atoms with van der Waals surface area (Å²) in [5.41, 5.74) is 0. The molecular formula is C12H25N3O2. The van der Waals surface area contributed by atoms with Crippen LogP contribution in [0.5, 0.6) is 0 Å². The maximum Gasteiger partial charge on any atom is 0.244 e. The van der Waals surface area contributed by atoms with E-state index in [9.17, 15) is 9.59 Å². The minimum atomic E-state index is -0.433. The molecule has 0 saturated heterocycles. The number of carbonyl (C=O) groups excluding carboxylic acids is 2. The lowest BCUT2D eigenvalue weighted by Gasteiger charge is -2.23. The summed E-state index contributed by atoms with van der Waals surface area (Å²) in [7, 11) is 1.85. The topological polar surface area (TPSA) is 61.4 Å². The molecule has 0 aliphatic carbocycles. The van der Waals surface area contributed by atoms with Gasteiger partial charge < -0.3 is 15.5 Å². The first-order valence-electron chi connectivity index (χ1n) is 6.29. The second kappa shape index (κ2) is 8.98. The largest absolute Gasteiger partial charge is 0.345 e. The molecule has 1 unspecified atom stereocenters. The SMILES string of the molecule is CCN(CC)C(=O)C(C)NC(=O)CCCNC. The lowest BCUT2D eigenvalue weighted by Crippen LogP contribution is -2.46. The van der Waals surface area contributed by atoms with E-state index in [0.29, 0.717) is 19.5 Å². The zero-order chi connectivity index (χ0) is 13.3. The maximum atomic E-state index is 11.9. The molecule has 0 spiro atoms. The Morgan fingerprint density at radius 1 is 1.24 bits per heavy atom. The van der Waals surface area contributed by atoms with E-state index in [2.05, 4.69) is 10.6 Å². The van der Waals surface area contributed by atoms with Gasteiger partial charge in [-0.1, -0.05) is 0 Å². The molecule has 2 N–H and O–H groups in total. The number of likely N-dealkylation sites (N-methyl/N-ethyl adjacent to an activating group) is 1. The molecule has 2 amide bonds. The van der Waals surface area contributed by atoms with Gasteiger partial charge in [0.15, 0.2) is 0 Å². The average molecular weight is 243 g/mol. The second-order valence-corrected chi connectivity index (χ2v) is 4.01. The van der Waals surface area contributed by atoms with Gasteiger partial charge in [-0.05, 0) is 40.8 Å². The number of amides is 2. The van der Waals surface area contributed by atoms with Gasteiger partial charge in [-0.25, -0.2) is 0 Å². The van der Waals surface area contributed by atoms with Crippen molar-refractivity contribution in [3.63, 3.8) is 0 Å². The summed E-state index contributed by atoms with van der Waals surface area (Å²) in [6.45, 7) is 7.76. The fourth-order valence-electron chi connectivity index (χ4n) is 1.61. The minimum Gasteiger partial charge on any atom is -0.345 e. The van der Waals surface area contributed by atoms with E-state index in [1.807, 2.05) is 20.9 Å². The van der Waals surface area contributed by atoms with E-state index in [1.54, 1.807) is 11.8 Å². The van der Waals surface area contributed by atoms with Crippen molar-refractivity contribution >= 4 is 11.8 Å². The van der Waals surface area contributed by atoms with Crippen molar-refractivity contribution in [1.29, 1.82) is 0 Å². The van der Waals surface area contributed by atoms with E-state index in [0.717, 1.165) is 13.0 Å². The lowest BCUT2D eigenvalue weighted by molar-refractivity contribution is -0.135. The molecule has 0 fully saturated rings. The molecule has 0 aliphatic rings. The van der Waals surface area contributed by atoms with Crippen LogP contribution in [-0.4, -0.2) is 49.4 Å². The van der Waals surface area contributed by atoms with Gasteiger partial charge in [0.25, 0.3) is 0 Å². The highest BCUT2D eigenvalue weighted by Gasteiger charge is 2.19. The summed E-state index contributed by atoms with van der Waals surface area (Å²) in [5.74, 6) is -0.0785. The summed E-state index contributed by atoms with van der Waals surface area (Å²) < 4.78 is 0. The number of rotatable bonds is 8. The molecule has 0 heterocycles. The molecule has 17 heavy (non-hydrogen) atoms. The van der Waals surface area contributed by atoms with Gasteiger partial charge in [-0.15, -0.1) is 0 Å². The smallest absolute Gasteiger partial charge is 0.244 e. The van der Waals surface area contributed by atoms with Crippen molar-refractivity contribution in [3.8, 4) is 0 Å². The fraction of sp³-hybridized carbons (Fsp3) is 0.833. The molecule has 0 saturated carbocycles. The Labute approximate surface area is 104 Å². The van der Waals surface area contributed by atoms with E-state index < -0.39 is 6.04 Å². The van der Waals surface area contributed by atoms with Gasteiger partial charge in [-0.3, -0.25) is 9.59 Å². The summed E-state index contributed by atoms with van der Waals surface area (Å²) in [5, 5.41) is 5.71. The van der Waals surface area contributed by atoms with Gasteiger partial charge >= 0.3 is 0 Å². The quantitative estimate of drug-likeness (QED) is 0.605. The Morgan fingerprint density at radius 2 is 1.82 bits per heavy atom. The Kier molecular flexibility index (Phi) is 8.40. The Bertz CT molecular complexity index is 240. The summed E-state index contributed by atoms with van der Waals surface area (Å²) >= 11 is 0. The summed E-state index contributed by atoms with van der Waals surface area (Å²) in [4.78, 5) is 25.1. The monoisotopic (exact) mass is 243 g/mol. The third kappa shape index (κ3) is 6.26. The molecule has 5 heteroatoms. The third-order valence-corrected chi connectivity index (χ3v) is 2.65. The number of carbonyl (C=O) groups is 2. The molecule has 0 rings (SSSR count). The number of hydrogen-bond acceptors (Lipinski definition) is 3. The van der Waals surface area contributed by atoms with E-state index in [4.69, 9.17) is 0 Å². The normalized spacial score (nSPS) is 12.0. The van der Waals surface area contributed by atoms with Gasteiger partial charge in [0, 0.05) is 19.5 Å². The number of nitrogens with one attached hydrogen (secondary N) is 2. The van der Waals surface area contributed by atoms with Crippen LogP contribution >= 0.6 is 0 Å². The van der Waals surface area contributed by atoms with Gasteiger partial charge in [0.05, 0.1) is 0 Å². The van der Waals surface area contributed by atoms with Crippen LogP contribution in [0, 0.1) is 0 Å². The molecule has 0 aromatic rings. The molecule has 5 nitrogen and oxygen atoms in total. The maximum absolute atomic E-state index is 11.9. The van der Waals surface area contributed by atoms with Crippen LogP contribution in [-0.2, 0) is 9.59 Å². The minimum absolute atomic E-state index is 0.0167. The molecule has 100 valence electrons. The fourth-order valence-corrected chi connectivity index (χ4v) is 1.61. The molecule has 0 bridgehead atoms. The van der Waals surface area contributed by atoms with Crippen molar-refractivity contribution in [3.05, 3.63) is 0 Å². The van der Waals surface area contributed by atoms with Crippen molar-refractivity contribution in [2.45, 2.75) is 39.7 Å². The number of hydrogen-bond donors (Lipinski definition) is 2. The number of nitrogens with zero attached hydrogens (tertiary/aromatic N) is 1. The van der Waals surface area contributed by atoms with Crippen LogP contribution in [0.25, 0.3) is 0 Å². The summed E-state index contributed by atoms with van der Waals surface area (Å²) in [6, 6.07) is -0.433. The average Bonchev–Trinajstić information content (AvgIpc) is 2.30. The van der Waals surface area contributed by atoms with Crippen LogP contribution in [0.1, 0.15) is 33.6 Å². The predicted octanol–water partition coefficient (Wildman–Crippen LogP) is 0.359. The molecule has 0 aromatic carbocycles. The van der Waals surface area contributed by atoms with Crippen LogP contribution < -0.4 is 10.6 Å². The first kappa shape index (κ1) is 15.9. The van der Waals surface area contributed by atoms with Gasteiger partial charge in [-0.2, -0.15) is 0 Å². The van der Waals surface area contributed by atoms with E-state index in [-0.39, 0.29) is 11.8 Å². The first-order valence-corrected chi connectivity index (χ1v) is 6.29. The highest BCUT2D eigenvalue weighted by Crippen LogP contribution is 1.96. The van der Waals surface area contributed by atoms with E-state index in [1.165, 1.54) is 0 Å². The van der Waals surface area contributed by atoms with Crippen molar-refractivity contribution in [2.75, 3.05) is 26.7 Å². The first-order chi connectivity index (χ1) is 8.06. The second-order valence-electron chi connectivity index (χ2n) is 4.01. The van der Waals surface area contributed by atoms with Gasteiger partial charge in [0.2, 0.25) is 11.8 Å². The van der Waals surface area contributed by atoms with Crippen molar-refractivity contribution in [1.82, 2.24) is 15.5 Å². The highest BCUT2D eigenvalue weighted by atomic mass is 16.2. The molecule has 1 atom stereocenters. The zero-order valence-corrected chi connectivity index (χ0v) is 11.4. The summed E-state index contributed by atoms with van der Waals surface area (Å²) in [6.07, 6.45) is 1.24. The van der Waals surface area contributed by atoms with Crippen LogP contribution in [0.4, 0.5) is 0 Å². The molecular weight excluding hydrogens is 218 g/mol. The molecule has 0 radical (unpaired) electrons. The Morgan fingerprint density at radius 3 is 2.29 bits per heavy atom. The van der Waals surface area contributed by atoms with E-state index >= 15 is 0 Å². The third-order valence-electron chi connectivity index (χ3n) is 2.65. The standard InChI is InChI=1S/C12H25N3O2/c1-5-15(6-2)12(17)10(3)14-11(16)8-7-9-13-4/h10,13H,5-9H2,1-4H3,(H,14,16). The van der Waals surface area contributed by atoms with Gasteiger partial charge in [0.1, 0.15) is 6.04 Å². The highest BCUT2D eigenvalue weighted by molar-refractivity contribution is 5.87.